The van der Waals surface area contributed by atoms with Gasteiger partial charge in [0.15, 0.2) is 0 Å². The van der Waals surface area contributed by atoms with Crippen LogP contribution in [0.2, 0.25) is 10.0 Å². The highest BCUT2D eigenvalue weighted by atomic mass is 127. The molecule has 8 heteroatoms. The van der Waals surface area contributed by atoms with Crippen LogP contribution < -0.4 is 0 Å². The lowest BCUT2D eigenvalue weighted by molar-refractivity contribution is 1.23. The molecule has 0 aliphatic rings. The fourth-order valence-corrected chi connectivity index (χ4v) is 4.33. The molecule has 2 nitrogen and oxygen atoms in total. The standard InChI is InChI=1S/C10H2Cl2I4N2/c11-7-5(3(13)1-17-9(7)15)6-4(14)2-18-10(16)8(6)12/h1-2H. The van der Waals surface area contributed by atoms with Gasteiger partial charge in [0.2, 0.25) is 0 Å². The van der Waals surface area contributed by atoms with Gasteiger partial charge in [-0.25, -0.2) is 9.97 Å². The van der Waals surface area contributed by atoms with Crippen LogP contribution in [0.25, 0.3) is 11.1 Å². The van der Waals surface area contributed by atoms with Crippen LogP contribution in [-0.2, 0) is 0 Å². The molecule has 2 aromatic rings. The minimum Gasteiger partial charge on any atom is -0.248 e. The Balaban J connectivity index is 2.85. The van der Waals surface area contributed by atoms with Crippen LogP contribution in [-0.4, -0.2) is 9.97 Å². The van der Waals surface area contributed by atoms with Gasteiger partial charge < -0.3 is 0 Å². The molecule has 0 bridgehead atoms. The second-order valence-electron chi connectivity index (χ2n) is 3.17. The topological polar surface area (TPSA) is 25.8 Å². The molecule has 0 fully saturated rings. The molecule has 18 heavy (non-hydrogen) atoms. The molecular weight excluding hydrogens is 727 g/mol. The lowest BCUT2D eigenvalue weighted by Crippen LogP contribution is -1.97. The highest BCUT2D eigenvalue weighted by Gasteiger charge is 2.19. The minimum atomic E-state index is 0.629. The van der Waals surface area contributed by atoms with E-state index < -0.39 is 0 Å². The molecule has 0 amide bonds. The summed E-state index contributed by atoms with van der Waals surface area (Å²) in [7, 11) is 0. The number of aromatic nitrogens is 2. The first-order valence-electron chi connectivity index (χ1n) is 4.42. The van der Waals surface area contributed by atoms with E-state index in [0.29, 0.717) is 10.0 Å². The quantitative estimate of drug-likeness (QED) is 0.272. The highest BCUT2D eigenvalue weighted by molar-refractivity contribution is 14.1. The third-order valence-corrected chi connectivity index (χ3v) is 6.76. The number of rotatable bonds is 1. The van der Waals surface area contributed by atoms with Crippen molar-refractivity contribution in [3.63, 3.8) is 0 Å². The van der Waals surface area contributed by atoms with Crippen molar-refractivity contribution < 1.29 is 0 Å². The Bertz CT molecular complexity index is 578. The van der Waals surface area contributed by atoms with Gasteiger partial charge in [0.1, 0.15) is 7.40 Å². The van der Waals surface area contributed by atoms with Crippen LogP contribution >= 0.6 is 114 Å². The number of hydrogen-bond acceptors (Lipinski definition) is 2. The fourth-order valence-electron chi connectivity index (χ4n) is 1.34. The Labute approximate surface area is 169 Å². The van der Waals surface area contributed by atoms with Crippen molar-refractivity contribution in [2.75, 3.05) is 0 Å². The summed E-state index contributed by atoms with van der Waals surface area (Å²) in [5.74, 6) is 0. The third kappa shape index (κ3) is 3.17. The normalized spacial score (nSPS) is 10.8. The van der Waals surface area contributed by atoms with Crippen LogP contribution in [0.1, 0.15) is 0 Å². The molecule has 0 saturated carbocycles. The lowest BCUT2D eigenvalue weighted by Gasteiger charge is -2.12. The SMILES string of the molecule is Clc1c(I)ncc(I)c1-c1c(I)cnc(I)c1Cl. The molecule has 0 atom stereocenters. The minimum absolute atomic E-state index is 0.629. The van der Waals surface area contributed by atoms with Crippen LogP contribution in [0.3, 0.4) is 0 Å². The van der Waals surface area contributed by atoms with Crippen molar-refractivity contribution in [3.8, 4) is 11.1 Å². The van der Waals surface area contributed by atoms with E-state index in [9.17, 15) is 0 Å². The summed E-state index contributed by atoms with van der Waals surface area (Å²) < 4.78 is 3.48. The monoisotopic (exact) mass is 728 g/mol. The summed E-state index contributed by atoms with van der Waals surface area (Å²) in [6.07, 6.45) is 3.59. The number of hydrogen-bond donors (Lipinski definition) is 0. The molecule has 2 rings (SSSR count). The molecule has 0 aliphatic carbocycles. The van der Waals surface area contributed by atoms with E-state index in [1.807, 2.05) is 0 Å². The van der Waals surface area contributed by atoms with E-state index >= 15 is 0 Å². The Morgan fingerprint density at radius 3 is 1.39 bits per heavy atom. The van der Waals surface area contributed by atoms with Gasteiger partial charge in [0, 0.05) is 30.7 Å². The zero-order chi connectivity index (χ0) is 13.4. The van der Waals surface area contributed by atoms with Gasteiger partial charge in [-0.2, -0.15) is 0 Å². The van der Waals surface area contributed by atoms with E-state index in [0.717, 1.165) is 25.7 Å². The molecule has 2 heterocycles. The molecular formula is C10H2Cl2I4N2. The van der Waals surface area contributed by atoms with Crippen molar-refractivity contribution in [1.82, 2.24) is 9.97 Å². The average molecular weight is 729 g/mol. The Kier molecular flexibility index (Phi) is 6.03. The molecule has 94 valence electrons. The average Bonchev–Trinajstić information content (AvgIpc) is 2.33. The Morgan fingerprint density at radius 1 is 0.722 bits per heavy atom. The van der Waals surface area contributed by atoms with E-state index in [-0.39, 0.29) is 0 Å². The van der Waals surface area contributed by atoms with Crippen LogP contribution in [0, 0.1) is 14.5 Å². The zero-order valence-corrected chi connectivity index (χ0v) is 18.5. The molecule has 0 aromatic carbocycles. The van der Waals surface area contributed by atoms with Gasteiger partial charge >= 0.3 is 0 Å². The van der Waals surface area contributed by atoms with Gasteiger partial charge in [-0.05, 0) is 90.4 Å². The smallest absolute Gasteiger partial charge is 0.120 e. The van der Waals surface area contributed by atoms with Crippen LogP contribution in [0.5, 0.6) is 0 Å². The zero-order valence-electron chi connectivity index (χ0n) is 8.32. The lowest BCUT2D eigenvalue weighted by atomic mass is 10.1. The summed E-state index contributed by atoms with van der Waals surface area (Å²) in [4.78, 5) is 8.46. The fraction of sp³-hybridized carbons (Fsp3) is 0. The van der Waals surface area contributed by atoms with Gasteiger partial charge in [-0.1, -0.05) is 23.2 Å². The second kappa shape index (κ2) is 6.71. The first-order chi connectivity index (χ1) is 8.43. The Hall–Kier alpha value is 1.80. The summed E-state index contributed by atoms with van der Waals surface area (Å²) in [5, 5.41) is 1.26. The molecule has 0 aliphatic heterocycles. The summed E-state index contributed by atoms with van der Waals surface area (Å²) in [6.45, 7) is 0. The summed E-state index contributed by atoms with van der Waals surface area (Å²) >= 11 is 21.4. The van der Waals surface area contributed by atoms with Crippen molar-refractivity contribution in [1.29, 1.82) is 0 Å². The van der Waals surface area contributed by atoms with Gasteiger partial charge in [0.05, 0.1) is 10.0 Å². The number of halogens is 6. The first kappa shape index (κ1) is 16.2. The molecule has 0 radical (unpaired) electrons. The summed E-state index contributed by atoms with van der Waals surface area (Å²) in [6, 6.07) is 0. The van der Waals surface area contributed by atoms with E-state index in [1.54, 1.807) is 12.4 Å². The van der Waals surface area contributed by atoms with Gasteiger partial charge in [-0.15, -0.1) is 0 Å². The molecule has 0 unspecified atom stereocenters. The third-order valence-electron chi connectivity index (χ3n) is 2.11. The van der Waals surface area contributed by atoms with Crippen LogP contribution in [0.15, 0.2) is 12.4 Å². The van der Waals surface area contributed by atoms with Gasteiger partial charge in [0.25, 0.3) is 0 Å². The van der Waals surface area contributed by atoms with Gasteiger partial charge in [-0.3, -0.25) is 0 Å². The van der Waals surface area contributed by atoms with Crippen molar-refractivity contribution in [2.45, 2.75) is 0 Å². The van der Waals surface area contributed by atoms with Crippen molar-refractivity contribution >= 4 is 114 Å². The highest BCUT2D eigenvalue weighted by Crippen LogP contribution is 2.41. The molecule has 2 aromatic heterocycles. The predicted molar refractivity (Wildman–Crippen MR) is 108 cm³/mol. The van der Waals surface area contributed by atoms with Crippen LogP contribution in [0.4, 0.5) is 0 Å². The molecule has 0 saturated heterocycles. The number of nitrogens with zero attached hydrogens (tertiary/aromatic N) is 2. The maximum Gasteiger partial charge on any atom is 0.120 e. The molecule has 0 spiro atoms. The Morgan fingerprint density at radius 2 is 1.06 bits per heavy atom. The number of pyridine rings is 2. The summed E-state index contributed by atoms with van der Waals surface area (Å²) in [5.41, 5.74) is 1.85. The van der Waals surface area contributed by atoms with E-state index in [2.05, 4.69) is 100 Å². The van der Waals surface area contributed by atoms with E-state index in [4.69, 9.17) is 23.2 Å². The maximum absolute atomic E-state index is 6.37. The van der Waals surface area contributed by atoms with Crippen molar-refractivity contribution in [2.24, 2.45) is 0 Å². The largest absolute Gasteiger partial charge is 0.248 e. The van der Waals surface area contributed by atoms with E-state index in [1.165, 1.54) is 0 Å². The predicted octanol–water partition coefficient (Wildman–Crippen LogP) is 5.87. The first-order valence-corrected chi connectivity index (χ1v) is 9.50. The maximum atomic E-state index is 6.37. The molecule has 0 N–H and O–H groups in total. The second-order valence-corrected chi connectivity index (χ2v) is 8.30. The van der Waals surface area contributed by atoms with Crippen molar-refractivity contribution in [3.05, 3.63) is 37.0 Å².